The molecule has 0 radical (unpaired) electrons. The maximum atomic E-state index is 3.76. The monoisotopic (exact) mass is 300 g/mol. The van der Waals surface area contributed by atoms with Gasteiger partial charge in [0.2, 0.25) is 0 Å². The summed E-state index contributed by atoms with van der Waals surface area (Å²) >= 11 is 1.98. The second kappa shape index (κ2) is 9.32. The van der Waals surface area contributed by atoms with Crippen molar-refractivity contribution in [3.8, 4) is 0 Å². The smallest absolute Gasteiger partial charge is 0.0244 e. The highest BCUT2D eigenvalue weighted by atomic mass is 32.2. The van der Waals surface area contributed by atoms with Crippen molar-refractivity contribution in [2.24, 2.45) is 5.41 Å². The third-order valence-corrected chi connectivity index (χ3v) is 5.29. The van der Waals surface area contributed by atoms with Crippen molar-refractivity contribution in [1.29, 1.82) is 0 Å². The van der Waals surface area contributed by atoms with E-state index in [1.54, 1.807) is 0 Å². The molecule has 1 heterocycles. The van der Waals surface area contributed by atoms with Crippen LogP contribution >= 0.6 is 11.8 Å². The highest BCUT2D eigenvalue weighted by Crippen LogP contribution is 2.24. The van der Waals surface area contributed by atoms with Gasteiger partial charge in [0.15, 0.2) is 0 Å². The van der Waals surface area contributed by atoms with Gasteiger partial charge in [-0.05, 0) is 43.2 Å². The van der Waals surface area contributed by atoms with Crippen molar-refractivity contribution in [1.82, 2.24) is 10.2 Å². The van der Waals surface area contributed by atoms with Gasteiger partial charge in [0.05, 0.1) is 0 Å². The van der Waals surface area contributed by atoms with E-state index in [1.165, 1.54) is 57.5 Å². The SMILES string of the molecule is CCC1CNC(C(C)(C)C)CN1CCCCCCSC. The molecule has 1 saturated heterocycles. The Morgan fingerprint density at radius 2 is 1.85 bits per heavy atom. The molecule has 2 nitrogen and oxygen atoms in total. The van der Waals surface area contributed by atoms with Crippen molar-refractivity contribution in [2.45, 2.75) is 71.9 Å². The summed E-state index contributed by atoms with van der Waals surface area (Å²) in [5.74, 6) is 1.33. The molecular weight excluding hydrogens is 264 g/mol. The van der Waals surface area contributed by atoms with Crippen LogP contribution in [0.2, 0.25) is 0 Å². The van der Waals surface area contributed by atoms with Gasteiger partial charge in [-0.2, -0.15) is 11.8 Å². The average Bonchev–Trinajstić information content (AvgIpc) is 2.41. The predicted octanol–water partition coefficient (Wildman–Crippen LogP) is 4.01. The number of rotatable bonds is 8. The zero-order valence-electron chi connectivity index (χ0n) is 14.4. The van der Waals surface area contributed by atoms with E-state index in [-0.39, 0.29) is 0 Å². The van der Waals surface area contributed by atoms with Crippen LogP contribution in [0.25, 0.3) is 0 Å². The lowest BCUT2D eigenvalue weighted by atomic mass is 9.84. The van der Waals surface area contributed by atoms with E-state index in [0.717, 1.165) is 6.04 Å². The molecule has 0 saturated carbocycles. The van der Waals surface area contributed by atoms with E-state index in [0.29, 0.717) is 11.5 Å². The molecule has 0 aromatic heterocycles. The van der Waals surface area contributed by atoms with Crippen LogP contribution in [0.5, 0.6) is 0 Å². The van der Waals surface area contributed by atoms with Gasteiger partial charge in [-0.3, -0.25) is 4.90 Å². The highest BCUT2D eigenvalue weighted by molar-refractivity contribution is 7.98. The molecule has 3 heteroatoms. The first-order valence-electron chi connectivity index (χ1n) is 8.45. The Morgan fingerprint density at radius 3 is 2.45 bits per heavy atom. The first-order chi connectivity index (χ1) is 9.49. The quantitative estimate of drug-likeness (QED) is 0.682. The standard InChI is InChI=1S/C17H36N2S/c1-6-15-13-18-16(17(2,3)4)14-19(15)11-9-7-8-10-12-20-5/h15-16,18H,6-14H2,1-5H3. The van der Waals surface area contributed by atoms with Crippen LogP contribution in [0.15, 0.2) is 0 Å². The summed E-state index contributed by atoms with van der Waals surface area (Å²) in [4.78, 5) is 2.75. The maximum Gasteiger partial charge on any atom is 0.0244 e. The van der Waals surface area contributed by atoms with Gasteiger partial charge in [-0.15, -0.1) is 0 Å². The van der Waals surface area contributed by atoms with Crippen molar-refractivity contribution >= 4 is 11.8 Å². The molecule has 20 heavy (non-hydrogen) atoms. The molecule has 2 unspecified atom stereocenters. The number of nitrogens with zero attached hydrogens (tertiary/aromatic N) is 1. The Balaban J connectivity index is 2.31. The summed E-state index contributed by atoms with van der Waals surface area (Å²) in [5, 5.41) is 3.76. The van der Waals surface area contributed by atoms with Gasteiger partial charge in [-0.25, -0.2) is 0 Å². The van der Waals surface area contributed by atoms with Crippen LogP contribution in [0.3, 0.4) is 0 Å². The Kier molecular flexibility index (Phi) is 8.54. The van der Waals surface area contributed by atoms with E-state index >= 15 is 0 Å². The molecule has 1 aliphatic rings. The summed E-state index contributed by atoms with van der Waals surface area (Å²) in [7, 11) is 0. The van der Waals surface area contributed by atoms with Crippen molar-refractivity contribution in [3.63, 3.8) is 0 Å². The predicted molar refractivity (Wildman–Crippen MR) is 93.7 cm³/mol. The van der Waals surface area contributed by atoms with Gasteiger partial charge in [0, 0.05) is 25.2 Å². The van der Waals surface area contributed by atoms with Crippen molar-refractivity contribution < 1.29 is 0 Å². The minimum absolute atomic E-state index is 0.370. The van der Waals surface area contributed by atoms with Crippen LogP contribution < -0.4 is 5.32 Å². The molecule has 1 rings (SSSR count). The normalized spacial score (nSPS) is 25.1. The van der Waals surface area contributed by atoms with Gasteiger partial charge in [0.1, 0.15) is 0 Å². The van der Waals surface area contributed by atoms with Crippen molar-refractivity contribution in [2.75, 3.05) is 31.6 Å². The summed E-state index contributed by atoms with van der Waals surface area (Å²) in [6.45, 7) is 13.1. The van der Waals surface area contributed by atoms with E-state index in [4.69, 9.17) is 0 Å². The second-order valence-corrected chi connectivity index (χ2v) is 8.28. The Labute approximate surface area is 131 Å². The third kappa shape index (κ3) is 6.36. The summed E-state index contributed by atoms with van der Waals surface area (Å²) < 4.78 is 0. The lowest BCUT2D eigenvalue weighted by Crippen LogP contribution is -2.60. The van der Waals surface area contributed by atoms with Crippen molar-refractivity contribution in [3.05, 3.63) is 0 Å². The molecule has 1 fully saturated rings. The van der Waals surface area contributed by atoms with E-state index < -0.39 is 0 Å². The molecule has 1 aliphatic heterocycles. The number of nitrogens with one attached hydrogen (secondary N) is 1. The van der Waals surface area contributed by atoms with E-state index in [9.17, 15) is 0 Å². The zero-order chi connectivity index (χ0) is 15.0. The Morgan fingerprint density at radius 1 is 1.15 bits per heavy atom. The van der Waals surface area contributed by atoms with Gasteiger partial charge in [0.25, 0.3) is 0 Å². The van der Waals surface area contributed by atoms with Gasteiger partial charge < -0.3 is 5.32 Å². The second-order valence-electron chi connectivity index (χ2n) is 7.29. The molecule has 1 N–H and O–H groups in total. The van der Waals surface area contributed by atoms with Crippen LogP contribution in [-0.2, 0) is 0 Å². The molecular formula is C17H36N2S. The molecule has 0 spiro atoms. The van der Waals surface area contributed by atoms with E-state index in [1.807, 2.05) is 11.8 Å². The zero-order valence-corrected chi connectivity index (χ0v) is 15.2. The van der Waals surface area contributed by atoms with Crippen LogP contribution in [0, 0.1) is 5.41 Å². The van der Waals surface area contributed by atoms with Gasteiger partial charge >= 0.3 is 0 Å². The summed E-state index contributed by atoms with van der Waals surface area (Å²) in [5.41, 5.74) is 0.370. The molecule has 120 valence electrons. The largest absolute Gasteiger partial charge is 0.311 e. The Hall–Kier alpha value is 0.270. The minimum Gasteiger partial charge on any atom is -0.311 e. The first-order valence-corrected chi connectivity index (χ1v) is 9.84. The topological polar surface area (TPSA) is 15.3 Å². The third-order valence-electron chi connectivity index (χ3n) is 4.59. The average molecular weight is 301 g/mol. The number of piperazine rings is 1. The number of hydrogen-bond acceptors (Lipinski definition) is 3. The molecule has 0 aliphatic carbocycles. The molecule has 0 amide bonds. The number of thioether (sulfide) groups is 1. The molecule has 0 aromatic rings. The number of hydrogen-bond donors (Lipinski definition) is 1. The van der Waals surface area contributed by atoms with Crippen LogP contribution in [0.1, 0.15) is 59.8 Å². The minimum atomic E-state index is 0.370. The highest BCUT2D eigenvalue weighted by Gasteiger charge is 2.32. The Bertz CT molecular complexity index is 250. The fourth-order valence-corrected chi connectivity index (χ4v) is 3.52. The lowest BCUT2D eigenvalue weighted by molar-refractivity contribution is 0.0820. The fourth-order valence-electron chi connectivity index (χ4n) is 3.03. The summed E-state index contributed by atoms with van der Waals surface area (Å²) in [6.07, 6.45) is 9.06. The van der Waals surface area contributed by atoms with Gasteiger partial charge in [-0.1, -0.05) is 40.5 Å². The van der Waals surface area contributed by atoms with E-state index in [2.05, 4.69) is 44.2 Å². The molecule has 2 atom stereocenters. The van der Waals surface area contributed by atoms with Crippen LogP contribution in [-0.4, -0.2) is 48.6 Å². The summed E-state index contributed by atoms with van der Waals surface area (Å²) in [6, 6.07) is 1.39. The molecule has 0 aromatic carbocycles. The van der Waals surface area contributed by atoms with Crippen LogP contribution in [0.4, 0.5) is 0 Å². The lowest BCUT2D eigenvalue weighted by Gasteiger charge is -2.45. The molecule has 0 bridgehead atoms. The first kappa shape index (κ1) is 18.3. The maximum absolute atomic E-state index is 3.76. The number of unbranched alkanes of at least 4 members (excludes halogenated alkanes) is 3. The fraction of sp³-hybridized carbons (Fsp3) is 1.00.